The van der Waals surface area contributed by atoms with Crippen LogP contribution in [0.3, 0.4) is 0 Å². The number of carboxylic acids is 1. The smallest absolute Gasteiger partial charge is 0.339 e. The molecule has 1 aromatic carbocycles. The van der Waals surface area contributed by atoms with Crippen LogP contribution in [-0.2, 0) is 10.2 Å². The van der Waals surface area contributed by atoms with Crippen molar-refractivity contribution in [3.8, 4) is 11.1 Å². The van der Waals surface area contributed by atoms with Crippen LogP contribution in [0.1, 0.15) is 41.6 Å². The van der Waals surface area contributed by atoms with E-state index in [1.54, 1.807) is 11.5 Å². The van der Waals surface area contributed by atoms with Gasteiger partial charge in [-0.05, 0) is 34.1 Å². The lowest BCUT2D eigenvalue weighted by Gasteiger charge is -2.19. The van der Waals surface area contributed by atoms with E-state index in [0.717, 1.165) is 10.4 Å². The summed E-state index contributed by atoms with van der Waals surface area (Å²) in [5.41, 5.74) is 2.74. The molecule has 6 heteroatoms. The Hall–Kier alpha value is -2.70. The van der Waals surface area contributed by atoms with Gasteiger partial charge in [0, 0.05) is 21.9 Å². The first-order valence-electron chi connectivity index (χ1n) is 8.74. The summed E-state index contributed by atoms with van der Waals surface area (Å²) in [6, 6.07) is 11.7. The molecular weight excluding hydrogens is 390 g/mol. The number of aromatic carboxylic acids is 1. The number of carbonyl (C=O) groups is 2. The second kappa shape index (κ2) is 8.12. The first kappa shape index (κ1) is 20.0. The molecule has 0 saturated carbocycles. The first-order valence-corrected chi connectivity index (χ1v) is 10.5. The van der Waals surface area contributed by atoms with E-state index >= 15 is 0 Å². The van der Waals surface area contributed by atoms with Crippen molar-refractivity contribution < 1.29 is 14.7 Å². The van der Waals surface area contributed by atoms with Crippen molar-refractivity contribution in [3.05, 3.63) is 69.2 Å². The van der Waals surface area contributed by atoms with Crippen molar-refractivity contribution in [3.63, 3.8) is 0 Å². The molecule has 28 heavy (non-hydrogen) atoms. The Balaban J connectivity index is 1.86. The van der Waals surface area contributed by atoms with Gasteiger partial charge in [-0.3, -0.25) is 4.79 Å². The molecule has 4 nitrogen and oxygen atoms in total. The molecule has 0 unspecified atom stereocenters. The molecule has 0 aliphatic carbocycles. The number of nitrogens with one attached hydrogen (secondary N) is 1. The average Bonchev–Trinajstić information content (AvgIpc) is 3.29. The molecule has 0 atom stereocenters. The zero-order chi connectivity index (χ0) is 20.3. The Morgan fingerprint density at radius 3 is 2.36 bits per heavy atom. The maximum Gasteiger partial charge on any atom is 0.339 e. The highest BCUT2D eigenvalue weighted by Gasteiger charge is 2.21. The predicted octanol–water partition coefficient (Wildman–Crippen LogP) is 6.12. The molecule has 0 aliphatic heterocycles. The topological polar surface area (TPSA) is 66.4 Å². The van der Waals surface area contributed by atoms with Crippen LogP contribution in [0.5, 0.6) is 0 Å². The Labute approximate surface area is 172 Å². The van der Waals surface area contributed by atoms with Crippen LogP contribution in [0.4, 0.5) is 5.00 Å². The van der Waals surface area contributed by atoms with Gasteiger partial charge >= 0.3 is 5.97 Å². The highest BCUT2D eigenvalue weighted by molar-refractivity contribution is 7.15. The molecule has 3 rings (SSSR count). The van der Waals surface area contributed by atoms with Crippen LogP contribution in [0, 0.1) is 0 Å². The molecule has 0 aliphatic rings. The number of hydrogen-bond donors (Lipinski definition) is 2. The highest BCUT2D eigenvalue weighted by Crippen LogP contribution is 2.36. The third-order valence-corrected chi connectivity index (χ3v) is 5.98. The van der Waals surface area contributed by atoms with Crippen molar-refractivity contribution in [1.82, 2.24) is 0 Å². The minimum Gasteiger partial charge on any atom is -0.478 e. The summed E-state index contributed by atoms with van der Waals surface area (Å²) in [5.74, 6) is -1.42. The van der Waals surface area contributed by atoms with Crippen molar-refractivity contribution in [2.75, 3.05) is 5.32 Å². The maximum atomic E-state index is 12.2. The molecule has 0 saturated heterocycles. The Bertz CT molecular complexity index is 1010. The van der Waals surface area contributed by atoms with Gasteiger partial charge in [0.1, 0.15) is 10.6 Å². The highest BCUT2D eigenvalue weighted by atomic mass is 32.1. The van der Waals surface area contributed by atoms with Crippen molar-refractivity contribution in [2.24, 2.45) is 0 Å². The largest absolute Gasteiger partial charge is 0.478 e. The number of thiophene rings is 2. The van der Waals surface area contributed by atoms with Gasteiger partial charge < -0.3 is 10.4 Å². The molecule has 1 amide bonds. The minimum atomic E-state index is -1.06. The zero-order valence-corrected chi connectivity index (χ0v) is 17.5. The lowest BCUT2D eigenvalue weighted by Crippen LogP contribution is -2.11. The first-order chi connectivity index (χ1) is 13.3. The fraction of sp³-hybridized carbons (Fsp3) is 0.182. The normalized spacial score (nSPS) is 11.7. The van der Waals surface area contributed by atoms with Crippen molar-refractivity contribution in [1.29, 1.82) is 0 Å². The number of hydrogen-bond acceptors (Lipinski definition) is 4. The van der Waals surface area contributed by atoms with Crippen LogP contribution < -0.4 is 5.32 Å². The molecule has 0 fully saturated rings. The van der Waals surface area contributed by atoms with Gasteiger partial charge in [-0.15, -0.1) is 22.7 Å². The van der Waals surface area contributed by atoms with Gasteiger partial charge in [0.15, 0.2) is 0 Å². The molecule has 2 heterocycles. The van der Waals surface area contributed by atoms with E-state index in [-0.39, 0.29) is 16.9 Å². The lowest BCUT2D eigenvalue weighted by molar-refractivity contribution is -0.111. The van der Waals surface area contributed by atoms with E-state index in [9.17, 15) is 14.7 Å². The second-order valence-corrected chi connectivity index (χ2v) is 9.18. The molecule has 0 spiro atoms. The van der Waals surface area contributed by atoms with Crippen LogP contribution in [0.2, 0.25) is 0 Å². The molecule has 2 aromatic heterocycles. The van der Waals surface area contributed by atoms with E-state index in [1.165, 1.54) is 34.3 Å². The van der Waals surface area contributed by atoms with E-state index in [0.29, 0.717) is 10.6 Å². The SMILES string of the molecule is CC(C)(C)c1ccc(-c2csc(NC(=O)C=Cc3cccs3)c2C(=O)O)cc1. The van der Waals surface area contributed by atoms with Gasteiger partial charge in [0.2, 0.25) is 5.91 Å². The number of carboxylic acid groups (broad SMARTS) is 1. The number of rotatable bonds is 5. The van der Waals surface area contributed by atoms with Crippen LogP contribution >= 0.6 is 22.7 Å². The monoisotopic (exact) mass is 411 g/mol. The Morgan fingerprint density at radius 1 is 1.07 bits per heavy atom. The summed E-state index contributed by atoms with van der Waals surface area (Å²) >= 11 is 2.74. The molecule has 0 radical (unpaired) electrons. The number of carbonyl (C=O) groups excluding carboxylic acids is 1. The van der Waals surface area contributed by atoms with Crippen LogP contribution in [-0.4, -0.2) is 17.0 Å². The fourth-order valence-electron chi connectivity index (χ4n) is 2.72. The fourth-order valence-corrected chi connectivity index (χ4v) is 4.30. The third kappa shape index (κ3) is 4.58. The van der Waals surface area contributed by atoms with E-state index < -0.39 is 5.97 Å². The quantitative estimate of drug-likeness (QED) is 0.497. The van der Waals surface area contributed by atoms with Gasteiger partial charge in [-0.25, -0.2) is 4.79 Å². The Morgan fingerprint density at radius 2 is 1.79 bits per heavy atom. The minimum absolute atomic E-state index is 0.0246. The van der Waals surface area contributed by atoms with Crippen LogP contribution in [0.15, 0.2) is 53.2 Å². The van der Waals surface area contributed by atoms with Gasteiger partial charge in [0.25, 0.3) is 0 Å². The Kier molecular flexibility index (Phi) is 5.82. The number of amides is 1. The summed E-state index contributed by atoms with van der Waals surface area (Å²) in [7, 11) is 0. The molecule has 0 bridgehead atoms. The zero-order valence-electron chi connectivity index (χ0n) is 15.9. The second-order valence-electron chi connectivity index (χ2n) is 7.32. The molecule has 144 valence electrons. The standard InChI is InChI=1S/C22H21NO3S2/c1-22(2,3)15-8-6-14(7-9-15)17-13-28-20(19(17)21(25)26)23-18(24)11-10-16-5-4-12-27-16/h4-13H,1-3H3,(H,23,24)(H,25,26). The molecular formula is C22H21NO3S2. The summed E-state index contributed by atoms with van der Waals surface area (Å²) in [6.45, 7) is 6.39. The van der Waals surface area contributed by atoms with Crippen molar-refractivity contribution in [2.45, 2.75) is 26.2 Å². The van der Waals surface area contributed by atoms with Gasteiger partial charge in [-0.2, -0.15) is 0 Å². The number of benzene rings is 1. The number of anilines is 1. The van der Waals surface area contributed by atoms with E-state index in [2.05, 4.69) is 26.1 Å². The molecule has 2 N–H and O–H groups in total. The summed E-state index contributed by atoms with van der Waals surface area (Å²) in [5, 5.41) is 16.4. The summed E-state index contributed by atoms with van der Waals surface area (Å²) in [4.78, 5) is 25.0. The molecule has 3 aromatic rings. The van der Waals surface area contributed by atoms with Gasteiger partial charge in [0.05, 0.1) is 0 Å². The third-order valence-electron chi connectivity index (χ3n) is 4.25. The van der Waals surface area contributed by atoms with Gasteiger partial charge in [-0.1, -0.05) is 51.1 Å². The van der Waals surface area contributed by atoms with Crippen molar-refractivity contribution >= 4 is 45.6 Å². The maximum absolute atomic E-state index is 12.2. The summed E-state index contributed by atoms with van der Waals surface area (Å²) < 4.78 is 0. The lowest BCUT2D eigenvalue weighted by atomic mass is 9.86. The van der Waals surface area contributed by atoms with E-state index in [4.69, 9.17) is 0 Å². The van der Waals surface area contributed by atoms with Crippen LogP contribution in [0.25, 0.3) is 17.2 Å². The van der Waals surface area contributed by atoms with E-state index in [1.807, 2.05) is 41.8 Å². The predicted molar refractivity (Wildman–Crippen MR) is 117 cm³/mol. The summed E-state index contributed by atoms with van der Waals surface area (Å²) in [6.07, 6.45) is 3.12. The average molecular weight is 412 g/mol.